The van der Waals surface area contributed by atoms with Gasteiger partial charge in [0.25, 0.3) is 11.8 Å². The molecule has 0 saturated carbocycles. The summed E-state index contributed by atoms with van der Waals surface area (Å²) < 4.78 is 0. The summed E-state index contributed by atoms with van der Waals surface area (Å²) in [7, 11) is 0. The van der Waals surface area contributed by atoms with Crippen molar-refractivity contribution in [3.63, 3.8) is 0 Å². The largest absolute Gasteiger partial charge is 0.384 e. The Labute approximate surface area is 234 Å². The number of nitrogens with one attached hydrogen (secondary N) is 3. The first-order valence-electron chi connectivity index (χ1n) is 13.9. The molecule has 3 N–H and O–H groups in total. The fourth-order valence-corrected chi connectivity index (χ4v) is 6.34. The van der Waals surface area contributed by atoms with E-state index in [0.29, 0.717) is 30.9 Å². The molecule has 1 aromatic carbocycles. The van der Waals surface area contributed by atoms with Crippen LogP contribution in [0.1, 0.15) is 73.1 Å². The van der Waals surface area contributed by atoms with Crippen molar-refractivity contribution in [1.82, 2.24) is 30.4 Å². The van der Waals surface area contributed by atoms with Gasteiger partial charge in [-0.2, -0.15) is 0 Å². The number of carbonyl (C=O) groups is 3. The van der Waals surface area contributed by atoms with Crippen LogP contribution in [0.3, 0.4) is 0 Å². The van der Waals surface area contributed by atoms with E-state index in [1.807, 2.05) is 74.0 Å². The van der Waals surface area contributed by atoms with Gasteiger partial charge in [-0.15, -0.1) is 0 Å². The van der Waals surface area contributed by atoms with E-state index in [1.165, 1.54) is 0 Å². The van der Waals surface area contributed by atoms with E-state index in [4.69, 9.17) is 0 Å². The quantitative estimate of drug-likeness (QED) is 0.456. The molecule has 2 bridgehead atoms. The third-order valence-corrected chi connectivity index (χ3v) is 8.56. The summed E-state index contributed by atoms with van der Waals surface area (Å²) in [4.78, 5) is 52.1. The van der Waals surface area contributed by atoms with E-state index in [1.54, 1.807) is 18.3 Å². The molecule has 3 aromatic rings. The molecule has 9 nitrogen and oxygen atoms in total. The Morgan fingerprint density at radius 2 is 1.95 bits per heavy atom. The number of aromatic amines is 1. The van der Waals surface area contributed by atoms with Gasteiger partial charge >= 0.3 is 0 Å². The normalized spacial score (nSPS) is 24.4. The lowest BCUT2D eigenvalue weighted by Crippen LogP contribution is -2.62. The van der Waals surface area contributed by atoms with Gasteiger partial charge in [-0.25, -0.2) is 0 Å². The third kappa shape index (κ3) is 4.53. The third-order valence-electron chi connectivity index (χ3n) is 8.56. The summed E-state index contributed by atoms with van der Waals surface area (Å²) in [6.07, 6.45) is 7.40. The molecule has 9 heteroatoms. The van der Waals surface area contributed by atoms with Gasteiger partial charge in [0.15, 0.2) is 0 Å². The van der Waals surface area contributed by atoms with Gasteiger partial charge in [0.2, 0.25) is 5.91 Å². The summed E-state index contributed by atoms with van der Waals surface area (Å²) in [6.45, 7) is 8.78. The predicted molar refractivity (Wildman–Crippen MR) is 152 cm³/mol. The van der Waals surface area contributed by atoms with Crippen molar-refractivity contribution in [3.05, 3.63) is 77.9 Å². The van der Waals surface area contributed by atoms with E-state index in [2.05, 4.69) is 26.7 Å². The standard InChI is InChI=1S/C31H36N6O3/c1-30(2,3)26(35-27(38)25-14-19-8-5-6-9-23(19)34-25)29(40)37-17-21-15-31(37,4)18-36(21)28(39)24-12-11-20(16-33-24)22-10-7-13-32-22/h5-9,11-14,16,21-22,26,32,34H,10,15,17-18H2,1-4H3,(H,35,38)/t21?,22?,26-,31+/m1/s1. The second-order valence-corrected chi connectivity index (χ2v) is 12.6. The average Bonchev–Trinajstić information content (AvgIpc) is 3.72. The molecule has 208 valence electrons. The first kappa shape index (κ1) is 26.1. The fraction of sp³-hybridized carbons (Fsp3) is 0.419. The number of aromatic nitrogens is 2. The molecule has 0 radical (unpaired) electrons. The van der Waals surface area contributed by atoms with Crippen molar-refractivity contribution >= 4 is 28.6 Å². The van der Waals surface area contributed by atoms with E-state index in [0.717, 1.165) is 22.9 Å². The Hall–Kier alpha value is -4.14. The van der Waals surface area contributed by atoms with Crippen molar-refractivity contribution in [2.75, 3.05) is 13.1 Å². The molecule has 0 spiro atoms. The topological polar surface area (TPSA) is 110 Å². The molecule has 3 aliphatic heterocycles. The minimum atomic E-state index is -0.723. The van der Waals surface area contributed by atoms with Crippen LogP contribution >= 0.6 is 0 Å². The maximum absolute atomic E-state index is 14.0. The van der Waals surface area contributed by atoms with Crippen LogP contribution in [-0.4, -0.2) is 68.2 Å². The van der Waals surface area contributed by atoms with Gasteiger partial charge in [0, 0.05) is 30.2 Å². The van der Waals surface area contributed by atoms with Crippen LogP contribution < -0.4 is 10.6 Å². The highest BCUT2D eigenvalue weighted by molar-refractivity contribution is 6.00. The lowest BCUT2D eigenvalue weighted by molar-refractivity contribution is -0.141. The summed E-state index contributed by atoms with van der Waals surface area (Å²) >= 11 is 0. The number of carbonyl (C=O) groups excluding carboxylic acids is 3. The smallest absolute Gasteiger partial charge is 0.272 e. The van der Waals surface area contributed by atoms with Crippen molar-refractivity contribution in [1.29, 1.82) is 0 Å². The number of hydrogen-bond acceptors (Lipinski definition) is 5. The second-order valence-electron chi connectivity index (χ2n) is 12.6. The number of para-hydroxylation sites is 1. The van der Waals surface area contributed by atoms with Gasteiger partial charge in [0.1, 0.15) is 17.4 Å². The monoisotopic (exact) mass is 540 g/mol. The van der Waals surface area contributed by atoms with Crippen LogP contribution in [0.5, 0.6) is 0 Å². The van der Waals surface area contributed by atoms with Crippen molar-refractivity contribution < 1.29 is 14.4 Å². The summed E-state index contributed by atoms with van der Waals surface area (Å²) in [6, 6.07) is 12.6. The SMILES string of the molecule is CC(C)(C)[C@H](NC(=O)c1cc2ccccc2[nH]1)C(=O)N1CC2C[C@@]1(C)CN2C(=O)c1ccc(C2CC=CN2)cn1. The van der Waals surface area contributed by atoms with Gasteiger partial charge in [0.05, 0.1) is 17.6 Å². The maximum Gasteiger partial charge on any atom is 0.272 e. The number of piperazine rings is 1. The van der Waals surface area contributed by atoms with Crippen molar-refractivity contribution in [2.24, 2.45) is 5.41 Å². The van der Waals surface area contributed by atoms with Crippen molar-refractivity contribution in [2.45, 2.75) is 64.2 Å². The summed E-state index contributed by atoms with van der Waals surface area (Å²) in [5, 5.41) is 7.24. The molecule has 2 fully saturated rings. The number of rotatable bonds is 5. The van der Waals surface area contributed by atoms with Gasteiger partial charge in [-0.3, -0.25) is 19.4 Å². The van der Waals surface area contributed by atoms with Crippen LogP contribution in [-0.2, 0) is 4.79 Å². The zero-order chi connectivity index (χ0) is 28.2. The molecular weight excluding hydrogens is 504 g/mol. The summed E-state index contributed by atoms with van der Waals surface area (Å²) in [5.74, 6) is -0.535. The lowest BCUT2D eigenvalue weighted by atomic mass is 9.84. The number of hydrogen-bond donors (Lipinski definition) is 3. The first-order chi connectivity index (χ1) is 19.0. The Morgan fingerprint density at radius 3 is 2.58 bits per heavy atom. The number of pyridine rings is 1. The Morgan fingerprint density at radius 1 is 1.15 bits per heavy atom. The molecule has 3 amide bonds. The molecular formula is C31H36N6O3. The van der Waals surface area contributed by atoms with E-state index in [9.17, 15) is 14.4 Å². The maximum atomic E-state index is 14.0. The lowest BCUT2D eigenvalue weighted by Gasteiger charge is -2.43. The first-order valence-corrected chi connectivity index (χ1v) is 13.9. The van der Waals surface area contributed by atoms with Crippen LogP contribution in [0.2, 0.25) is 0 Å². The van der Waals surface area contributed by atoms with Gasteiger partial charge in [-0.05, 0) is 55.1 Å². The number of amides is 3. The van der Waals surface area contributed by atoms with E-state index >= 15 is 0 Å². The average molecular weight is 541 g/mol. The molecule has 0 aliphatic carbocycles. The number of benzene rings is 1. The zero-order valence-corrected chi connectivity index (χ0v) is 23.4. The number of nitrogens with zero attached hydrogens (tertiary/aromatic N) is 3. The predicted octanol–water partition coefficient (Wildman–Crippen LogP) is 3.77. The van der Waals surface area contributed by atoms with E-state index in [-0.39, 0.29) is 29.8 Å². The number of H-pyrrole nitrogens is 1. The van der Waals surface area contributed by atoms with Crippen LogP contribution in [0.4, 0.5) is 0 Å². The molecule has 2 saturated heterocycles. The fourth-order valence-electron chi connectivity index (χ4n) is 6.34. The van der Waals surface area contributed by atoms with E-state index < -0.39 is 17.0 Å². The highest BCUT2D eigenvalue weighted by atomic mass is 16.2. The summed E-state index contributed by atoms with van der Waals surface area (Å²) in [5.41, 5.74) is 1.75. The van der Waals surface area contributed by atoms with Crippen molar-refractivity contribution in [3.8, 4) is 0 Å². The Balaban J connectivity index is 1.15. The second kappa shape index (κ2) is 9.50. The molecule has 3 aliphatic rings. The minimum absolute atomic E-state index is 0.0892. The molecule has 40 heavy (non-hydrogen) atoms. The Bertz CT molecular complexity index is 1460. The molecule has 2 unspecified atom stereocenters. The molecule has 6 rings (SSSR count). The zero-order valence-electron chi connectivity index (χ0n) is 23.4. The van der Waals surface area contributed by atoms with Crippen LogP contribution in [0.25, 0.3) is 10.9 Å². The highest BCUT2D eigenvalue weighted by Crippen LogP contribution is 2.41. The Kier molecular flexibility index (Phi) is 6.20. The molecule has 5 heterocycles. The van der Waals surface area contributed by atoms with Gasteiger partial charge < -0.3 is 25.4 Å². The number of likely N-dealkylation sites (tertiary alicyclic amines) is 2. The molecule has 2 aromatic heterocycles. The number of fused-ring (bicyclic) bond motifs is 3. The minimum Gasteiger partial charge on any atom is -0.384 e. The van der Waals surface area contributed by atoms with Gasteiger partial charge in [-0.1, -0.05) is 51.1 Å². The van der Waals surface area contributed by atoms with Crippen LogP contribution in [0, 0.1) is 5.41 Å². The highest BCUT2D eigenvalue weighted by Gasteiger charge is 2.56. The van der Waals surface area contributed by atoms with Crippen LogP contribution in [0.15, 0.2) is 60.9 Å². The molecule has 4 atom stereocenters.